The summed E-state index contributed by atoms with van der Waals surface area (Å²) in [4.78, 5) is 19.7. The van der Waals surface area contributed by atoms with E-state index in [1.165, 1.54) is 0 Å². The number of ketones is 1. The molecule has 0 spiro atoms. The smallest absolute Gasteiger partial charge is 0.205 e. The van der Waals surface area contributed by atoms with Gasteiger partial charge in [-0.05, 0) is 36.1 Å². The molecule has 1 saturated carbocycles. The quantitative estimate of drug-likeness (QED) is 0.359. The van der Waals surface area contributed by atoms with Crippen molar-refractivity contribution in [2.45, 2.75) is 25.7 Å². The van der Waals surface area contributed by atoms with Crippen molar-refractivity contribution >= 4 is 28.5 Å². The fourth-order valence-electron chi connectivity index (χ4n) is 4.20. The van der Waals surface area contributed by atoms with E-state index in [2.05, 4.69) is 15.3 Å². The van der Waals surface area contributed by atoms with E-state index in [9.17, 15) is 13.6 Å². The molecule has 4 aromatic rings. The van der Waals surface area contributed by atoms with Gasteiger partial charge in [0.1, 0.15) is 0 Å². The zero-order valence-electron chi connectivity index (χ0n) is 16.8. The standard InChI is InChI=1S/C25H21F2N3O/c26-20-13-22-23(14-21(20)27)30-25(29-22)28-19-11-9-16(10-12-19)15-5-7-18(8-6-15)24(31)17-3-1-2-4-17/h5-14,17H,1-4H2,(H2,28,29,30). The van der Waals surface area contributed by atoms with Crippen LogP contribution in [-0.2, 0) is 0 Å². The van der Waals surface area contributed by atoms with Gasteiger partial charge in [-0.2, -0.15) is 0 Å². The minimum atomic E-state index is -0.925. The van der Waals surface area contributed by atoms with Gasteiger partial charge in [-0.15, -0.1) is 0 Å². The molecule has 0 saturated heterocycles. The molecule has 0 amide bonds. The Bertz CT molecular complexity index is 1200. The number of hydrogen-bond acceptors (Lipinski definition) is 3. The molecule has 1 heterocycles. The van der Waals surface area contributed by atoms with E-state index in [-0.39, 0.29) is 11.7 Å². The maximum atomic E-state index is 13.4. The number of anilines is 2. The van der Waals surface area contributed by atoms with Gasteiger partial charge in [0.05, 0.1) is 11.0 Å². The summed E-state index contributed by atoms with van der Waals surface area (Å²) < 4.78 is 26.7. The van der Waals surface area contributed by atoms with Gasteiger partial charge in [-0.3, -0.25) is 4.79 Å². The molecule has 1 aliphatic carbocycles. The van der Waals surface area contributed by atoms with Gasteiger partial charge < -0.3 is 10.3 Å². The highest BCUT2D eigenvalue weighted by molar-refractivity contribution is 5.98. The third-order valence-electron chi connectivity index (χ3n) is 5.90. The maximum Gasteiger partial charge on any atom is 0.205 e. The number of fused-ring (bicyclic) bond motifs is 1. The average Bonchev–Trinajstić information content (AvgIpc) is 3.44. The van der Waals surface area contributed by atoms with Crippen molar-refractivity contribution in [2.75, 3.05) is 5.32 Å². The topological polar surface area (TPSA) is 57.8 Å². The van der Waals surface area contributed by atoms with Crippen LogP contribution < -0.4 is 5.32 Å². The number of H-pyrrole nitrogens is 1. The van der Waals surface area contributed by atoms with Crippen LogP contribution in [-0.4, -0.2) is 15.8 Å². The lowest BCUT2D eigenvalue weighted by atomic mass is 9.94. The zero-order chi connectivity index (χ0) is 21.4. The first-order valence-electron chi connectivity index (χ1n) is 10.4. The molecule has 1 aliphatic rings. The molecule has 1 aromatic heterocycles. The Labute approximate surface area is 178 Å². The van der Waals surface area contributed by atoms with Gasteiger partial charge in [0.15, 0.2) is 17.4 Å². The molecule has 0 unspecified atom stereocenters. The molecule has 1 fully saturated rings. The summed E-state index contributed by atoms with van der Waals surface area (Å²) in [5.74, 6) is -0.993. The van der Waals surface area contributed by atoms with Crippen LogP contribution in [0.4, 0.5) is 20.4 Å². The van der Waals surface area contributed by atoms with Gasteiger partial charge in [0.2, 0.25) is 5.95 Å². The van der Waals surface area contributed by atoms with Gasteiger partial charge >= 0.3 is 0 Å². The predicted octanol–water partition coefficient (Wildman–Crippen LogP) is 6.62. The van der Waals surface area contributed by atoms with Crippen LogP contribution in [0.25, 0.3) is 22.2 Å². The molecule has 3 aromatic carbocycles. The molecule has 2 N–H and O–H groups in total. The van der Waals surface area contributed by atoms with E-state index in [1.807, 2.05) is 48.5 Å². The van der Waals surface area contributed by atoms with Crippen LogP contribution in [0.3, 0.4) is 0 Å². The lowest BCUT2D eigenvalue weighted by Gasteiger charge is -2.09. The van der Waals surface area contributed by atoms with E-state index in [0.29, 0.717) is 17.0 Å². The van der Waals surface area contributed by atoms with Crippen LogP contribution >= 0.6 is 0 Å². The fraction of sp³-hybridized carbons (Fsp3) is 0.200. The van der Waals surface area contributed by atoms with E-state index in [4.69, 9.17) is 0 Å². The highest BCUT2D eigenvalue weighted by Crippen LogP contribution is 2.29. The van der Waals surface area contributed by atoms with E-state index >= 15 is 0 Å². The number of nitrogens with zero attached hydrogens (tertiary/aromatic N) is 1. The number of benzene rings is 3. The molecule has 0 bridgehead atoms. The molecule has 156 valence electrons. The number of rotatable bonds is 5. The number of imidazole rings is 1. The SMILES string of the molecule is O=C(c1ccc(-c2ccc(Nc3nc4cc(F)c(F)cc4[nH]3)cc2)cc1)C1CCCC1. The molecule has 0 atom stereocenters. The van der Waals surface area contributed by atoms with Crippen molar-refractivity contribution in [1.29, 1.82) is 0 Å². The van der Waals surface area contributed by atoms with Crippen molar-refractivity contribution in [3.8, 4) is 11.1 Å². The third-order valence-corrected chi connectivity index (χ3v) is 5.90. The lowest BCUT2D eigenvalue weighted by molar-refractivity contribution is 0.0923. The van der Waals surface area contributed by atoms with Crippen LogP contribution in [0.15, 0.2) is 60.7 Å². The van der Waals surface area contributed by atoms with Crippen LogP contribution in [0.2, 0.25) is 0 Å². The Kier molecular flexibility index (Phi) is 4.98. The second kappa shape index (κ2) is 7.95. The van der Waals surface area contributed by atoms with Crippen LogP contribution in [0.5, 0.6) is 0 Å². The monoisotopic (exact) mass is 417 g/mol. The minimum Gasteiger partial charge on any atom is -0.326 e. The summed E-state index contributed by atoms with van der Waals surface area (Å²) in [5.41, 5.74) is 4.40. The summed E-state index contributed by atoms with van der Waals surface area (Å²) >= 11 is 0. The van der Waals surface area contributed by atoms with Crippen molar-refractivity contribution in [1.82, 2.24) is 9.97 Å². The first-order chi connectivity index (χ1) is 15.1. The van der Waals surface area contributed by atoms with Crippen molar-refractivity contribution in [2.24, 2.45) is 5.92 Å². The van der Waals surface area contributed by atoms with Crippen LogP contribution in [0, 0.1) is 17.6 Å². The second-order valence-electron chi connectivity index (χ2n) is 7.99. The Balaban J connectivity index is 1.30. The van der Waals surface area contributed by atoms with Crippen LogP contribution in [0.1, 0.15) is 36.0 Å². The number of halogens is 2. The number of carbonyl (C=O) groups is 1. The fourth-order valence-corrected chi connectivity index (χ4v) is 4.20. The number of carbonyl (C=O) groups excluding carboxylic acids is 1. The molecule has 5 rings (SSSR count). The summed E-state index contributed by atoms with van der Waals surface area (Å²) in [6.45, 7) is 0. The van der Waals surface area contributed by atoms with E-state index in [0.717, 1.165) is 60.2 Å². The van der Waals surface area contributed by atoms with Crippen molar-refractivity contribution < 1.29 is 13.6 Å². The molecule has 4 nitrogen and oxygen atoms in total. The zero-order valence-corrected chi connectivity index (χ0v) is 16.8. The predicted molar refractivity (Wildman–Crippen MR) is 117 cm³/mol. The highest BCUT2D eigenvalue weighted by atomic mass is 19.2. The first-order valence-corrected chi connectivity index (χ1v) is 10.4. The normalized spacial score (nSPS) is 14.3. The molecule has 31 heavy (non-hydrogen) atoms. The molecular formula is C25H21F2N3O. The Hall–Kier alpha value is -3.54. The largest absolute Gasteiger partial charge is 0.326 e. The summed E-state index contributed by atoms with van der Waals surface area (Å²) in [6, 6.07) is 17.7. The van der Waals surface area contributed by atoms with Crippen molar-refractivity contribution in [3.63, 3.8) is 0 Å². The second-order valence-corrected chi connectivity index (χ2v) is 7.99. The Morgan fingerprint density at radius 1 is 0.903 bits per heavy atom. The Morgan fingerprint density at radius 3 is 2.19 bits per heavy atom. The number of nitrogens with one attached hydrogen (secondary N) is 2. The number of Topliss-reactive ketones (excluding diaryl/α,β-unsaturated/α-hetero) is 1. The van der Waals surface area contributed by atoms with Crippen molar-refractivity contribution in [3.05, 3.63) is 77.9 Å². The molecular weight excluding hydrogens is 396 g/mol. The van der Waals surface area contributed by atoms with Gasteiger partial charge in [-0.25, -0.2) is 13.8 Å². The van der Waals surface area contributed by atoms with E-state index in [1.54, 1.807) is 0 Å². The lowest BCUT2D eigenvalue weighted by Crippen LogP contribution is -2.10. The van der Waals surface area contributed by atoms with Gasteiger partial charge in [0.25, 0.3) is 0 Å². The molecule has 0 radical (unpaired) electrons. The summed E-state index contributed by atoms with van der Waals surface area (Å²) in [7, 11) is 0. The molecule has 0 aliphatic heterocycles. The average molecular weight is 417 g/mol. The summed E-state index contributed by atoms with van der Waals surface area (Å²) in [5, 5.41) is 3.11. The number of aromatic nitrogens is 2. The Morgan fingerprint density at radius 2 is 1.52 bits per heavy atom. The maximum absolute atomic E-state index is 13.4. The third kappa shape index (κ3) is 3.93. The molecule has 6 heteroatoms. The van der Waals surface area contributed by atoms with Gasteiger partial charge in [0, 0.05) is 29.3 Å². The summed E-state index contributed by atoms with van der Waals surface area (Å²) in [6.07, 6.45) is 4.31. The van der Waals surface area contributed by atoms with Gasteiger partial charge in [-0.1, -0.05) is 49.2 Å². The van der Waals surface area contributed by atoms with E-state index < -0.39 is 11.6 Å². The first kappa shape index (κ1) is 19.4. The highest BCUT2D eigenvalue weighted by Gasteiger charge is 2.23. The minimum absolute atomic E-state index is 0.183. The number of hydrogen-bond donors (Lipinski definition) is 2. The number of aromatic amines is 1.